The molecule has 0 aromatic rings. The van der Waals surface area contributed by atoms with Gasteiger partial charge in [-0.2, -0.15) is 0 Å². The molecule has 2 nitrogen and oxygen atoms in total. The van der Waals surface area contributed by atoms with Gasteiger partial charge in [0.05, 0.1) is 0 Å². The predicted octanol–water partition coefficient (Wildman–Crippen LogP) is 0.949. The summed E-state index contributed by atoms with van der Waals surface area (Å²) in [5.41, 5.74) is 0. The van der Waals surface area contributed by atoms with Crippen LogP contribution in [-0.2, 0) is 0 Å². The van der Waals surface area contributed by atoms with Crippen LogP contribution in [0.25, 0.3) is 0 Å². The summed E-state index contributed by atoms with van der Waals surface area (Å²) < 4.78 is 0. The van der Waals surface area contributed by atoms with Gasteiger partial charge >= 0.3 is 0 Å². The fourth-order valence-electron chi connectivity index (χ4n) is 1.21. The van der Waals surface area contributed by atoms with Crippen LogP contribution in [0.2, 0.25) is 0 Å². The Morgan fingerprint density at radius 3 is 1.89 bits per heavy atom. The normalized spacial score (nSPS) is 20.3. The quantitative estimate of drug-likeness (QED) is 0.558. The highest BCUT2D eigenvalue weighted by atomic mass is 15.6. The first-order chi connectivity index (χ1) is 4.38. The minimum Gasteiger partial charge on any atom is -0.242 e. The molecule has 0 bridgehead atoms. The Hall–Kier alpha value is -0.0800. The van der Waals surface area contributed by atoms with E-state index in [9.17, 15) is 0 Å². The van der Waals surface area contributed by atoms with Gasteiger partial charge in [-0.05, 0) is 6.42 Å². The zero-order valence-electron chi connectivity index (χ0n) is 6.43. The van der Waals surface area contributed by atoms with Crippen LogP contribution in [0.1, 0.15) is 20.3 Å². The van der Waals surface area contributed by atoms with Crippen LogP contribution < -0.4 is 0 Å². The van der Waals surface area contributed by atoms with Gasteiger partial charge in [0.2, 0.25) is 0 Å². The molecule has 0 spiro atoms. The van der Waals surface area contributed by atoms with E-state index in [1.165, 1.54) is 19.5 Å². The molecule has 1 fully saturated rings. The molecular weight excluding hydrogens is 112 g/mol. The van der Waals surface area contributed by atoms with E-state index in [0.29, 0.717) is 0 Å². The highest BCUT2D eigenvalue weighted by Crippen LogP contribution is 2.08. The van der Waals surface area contributed by atoms with Crippen molar-refractivity contribution < 1.29 is 0 Å². The van der Waals surface area contributed by atoms with Crippen molar-refractivity contribution in [3.8, 4) is 0 Å². The third kappa shape index (κ3) is 1.43. The standard InChI is InChI=1S/C7H16N2/c1-3-8(4-2)9-6-5-7-9/h3-7H2,1-2H3. The molecule has 0 aromatic heterocycles. The van der Waals surface area contributed by atoms with Gasteiger partial charge in [0, 0.05) is 26.2 Å². The second-order valence-electron chi connectivity index (χ2n) is 2.45. The summed E-state index contributed by atoms with van der Waals surface area (Å²) in [6.45, 7) is 9.31. The minimum absolute atomic E-state index is 1.16. The lowest BCUT2D eigenvalue weighted by atomic mass is 10.3. The second kappa shape index (κ2) is 3.18. The fourth-order valence-corrected chi connectivity index (χ4v) is 1.21. The number of hydrogen-bond donors (Lipinski definition) is 0. The first kappa shape index (κ1) is 7.03. The third-order valence-electron chi connectivity index (χ3n) is 1.96. The first-order valence-corrected chi connectivity index (χ1v) is 3.88. The van der Waals surface area contributed by atoms with E-state index in [1.807, 2.05) is 0 Å². The van der Waals surface area contributed by atoms with E-state index in [4.69, 9.17) is 0 Å². The van der Waals surface area contributed by atoms with Gasteiger partial charge in [-0.3, -0.25) is 0 Å². The van der Waals surface area contributed by atoms with Crippen molar-refractivity contribution in [1.82, 2.24) is 10.0 Å². The first-order valence-electron chi connectivity index (χ1n) is 3.88. The molecule has 0 amide bonds. The molecule has 0 saturated carbocycles. The molecule has 1 rings (SSSR count). The van der Waals surface area contributed by atoms with Crippen LogP contribution >= 0.6 is 0 Å². The van der Waals surface area contributed by atoms with E-state index in [-0.39, 0.29) is 0 Å². The van der Waals surface area contributed by atoms with E-state index in [1.54, 1.807) is 0 Å². The number of nitrogens with zero attached hydrogens (tertiary/aromatic N) is 2. The van der Waals surface area contributed by atoms with Gasteiger partial charge in [0.15, 0.2) is 0 Å². The van der Waals surface area contributed by atoms with Gasteiger partial charge in [0.25, 0.3) is 0 Å². The molecule has 9 heavy (non-hydrogen) atoms. The topological polar surface area (TPSA) is 6.48 Å². The van der Waals surface area contributed by atoms with Crippen molar-refractivity contribution >= 4 is 0 Å². The predicted molar refractivity (Wildman–Crippen MR) is 39.1 cm³/mol. The van der Waals surface area contributed by atoms with Crippen LogP contribution in [0.5, 0.6) is 0 Å². The molecule has 1 saturated heterocycles. The van der Waals surface area contributed by atoms with Crippen molar-refractivity contribution in [2.75, 3.05) is 26.2 Å². The lowest BCUT2D eigenvalue weighted by Gasteiger charge is -2.39. The number of hydrazine groups is 1. The van der Waals surface area contributed by atoms with Crippen molar-refractivity contribution in [3.05, 3.63) is 0 Å². The van der Waals surface area contributed by atoms with Crippen molar-refractivity contribution in [2.45, 2.75) is 20.3 Å². The maximum atomic E-state index is 2.42. The van der Waals surface area contributed by atoms with Crippen LogP contribution in [0.3, 0.4) is 0 Å². The fraction of sp³-hybridized carbons (Fsp3) is 1.00. The Morgan fingerprint density at radius 2 is 1.78 bits per heavy atom. The Labute approximate surface area is 57.4 Å². The van der Waals surface area contributed by atoms with Crippen LogP contribution in [0.15, 0.2) is 0 Å². The van der Waals surface area contributed by atoms with E-state index >= 15 is 0 Å². The molecule has 2 heteroatoms. The summed E-state index contributed by atoms with van der Waals surface area (Å²) in [6.07, 6.45) is 1.39. The number of hydrogen-bond acceptors (Lipinski definition) is 2. The lowest BCUT2D eigenvalue weighted by molar-refractivity contribution is -0.0646. The van der Waals surface area contributed by atoms with Crippen LogP contribution in [0.4, 0.5) is 0 Å². The molecule has 0 unspecified atom stereocenters. The monoisotopic (exact) mass is 128 g/mol. The zero-order valence-corrected chi connectivity index (χ0v) is 6.43. The molecule has 1 aliphatic heterocycles. The molecule has 0 atom stereocenters. The third-order valence-corrected chi connectivity index (χ3v) is 1.96. The molecule has 1 heterocycles. The van der Waals surface area contributed by atoms with Crippen molar-refractivity contribution in [1.29, 1.82) is 0 Å². The maximum absolute atomic E-state index is 2.42. The lowest BCUT2D eigenvalue weighted by Crippen LogP contribution is -2.50. The average molecular weight is 128 g/mol. The van der Waals surface area contributed by atoms with E-state index < -0.39 is 0 Å². The Balaban J connectivity index is 2.19. The zero-order chi connectivity index (χ0) is 6.69. The summed E-state index contributed by atoms with van der Waals surface area (Å²) in [7, 11) is 0. The summed E-state index contributed by atoms with van der Waals surface area (Å²) >= 11 is 0. The maximum Gasteiger partial charge on any atom is 0.0146 e. The molecule has 0 N–H and O–H groups in total. The van der Waals surface area contributed by atoms with Crippen molar-refractivity contribution in [3.63, 3.8) is 0 Å². The summed E-state index contributed by atoms with van der Waals surface area (Å²) in [5, 5.41) is 4.81. The van der Waals surface area contributed by atoms with E-state index in [0.717, 1.165) is 13.1 Å². The highest BCUT2D eigenvalue weighted by Gasteiger charge is 2.17. The van der Waals surface area contributed by atoms with Crippen molar-refractivity contribution in [2.24, 2.45) is 0 Å². The minimum atomic E-state index is 1.16. The Bertz CT molecular complexity index is 75.0. The van der Waals surface area contributed by atoms with Gasteiger partial charge in [-0.25, -0.2) is 10.0 Å². The Kier molecular flexibility index (Phi) is 2.49. The molecule has 0 aliphatic carbocycles. The molecule has 1 aliphatic rings. The second-order valence-corrected chi connectivity index (χ2v) is 2.45. The largest absolute Gasteiger partial charge is 0.242 e. The van der Waals surface area contributed by atoms with Gasteiger partial charge in [-0.15, -0.1) is 0 Å². The van der Waals surface area contributed by atoms with Gasteiger partial charge in [0.1, 0.15) is 0 Å². The summed E-state index contributed by atoms with van der Waals surface area (Å²) in [5.74, 6) is 0. The van der Waals surface area contributed by atoms with E-state index in [2.05, 4.69) is 23.9 Å². The average Bonchev–Trinajstić information content (AvgIpc) is 1.78. The molecule has 0 radical (unpaired) electrons. The molecular formula is C7H16N2. The summed E-state index contributed by atoms with van der Waals surface area (Å²) in [4.78, 5) is 0. The van der Waals surface area contributed by atoms with Gasteiger partial charge in [-0.1, -0.05) is 13.8 Å². The molecule has 0 aromatic carbocycles. The van der Waals surface area contributed by atoms with Gasteiger partial charge < -0.3 is 0 Å². The SMILES string of the molecule is CCN(CC)N1CCC1. The van der Waals surface area contributed by atoms with Crippen LogP contribution in [-0.4, -0.2) is 36.2 Å². The Morgan fingerprint density at radius 1 is 1.22 bits per heavy atom. The summed E-state index contributed by atoms with van der Waals surface area (Å²) in [6, 6.07) is 0. The number of rotatable bonds is 3. The van der Waals surface area contributed by atoms with Crippen LogP contribution in [0, 0.1) is 0 Å². The smallest absolute Gasteiger partial charge is 0.0146 e. The molecule has 54 valence electrons. The highest BCUT2D eigenvalue weighted by molar-refractivity contribution is 4.65.